The summed E-state index contributed by atoms with van der Waals surface area (Å²) in [6.07, 6.45) is -0.198. The molecule has 5 rings (SSSR count). The third kappa shape index (κ3) is 4.52. The van der Waals surface area contributed by atoms with Crippen molar-refractivity contribution in [2.75, 3.05) is 0 Å². The summed E-state index contributed by atoms with van der Waals surface area (Å²) in [6, 6.07) is 34.7. The molecule has 204 valence electrons. The van der Waals surface area contributed by atoms with Crippen LogP contribution in [0.1, 0.15) is 76.6 Å². The molecule has 0 saturated carbocycles. The first-order valence-corrected chi connectivity index (χ1v) is 14.0. The van der Waals surface area contributed by atoms with E-state index in [2.05, 4.69) is 52.0 Å². The molecule has 1 aliphatic carbocycles. The highest BCUT2D eigenvalue weighted by atomic mass is 16.6. The summed E-state index contributed by atoms with van der Waals surface area (Å²) in [5, 5.41) is 0. The Morgan fingerprint density at radius 1 is 0.600 bits per heavy atom. The van der Waals surface area contributed by atoms with E-state index in [4.69, 9.17) is 9.47 Å². The molecule has 0 amide bonds. The van der Waals surface area contributed by atoms with E-state index in [1.807, 2.05) is 60.7 Å². The second-order valence-electron chi connectivity index (χ2n) is 10.8. The van der Waals surface area contributed by atoms with Crippen molar-refractivity contribution in [2.45, 2.75) is 63.6 Å². The molecule has 4 nitrogen and oxygen atoms in total. The topological polar surface area (TPSA) is 52.6 Å². The summed E-state index contributed by atoms with van der Waals surface area (Å²) in [5.41, 5.74) is 3.94. The van der Waals surface area contributed by atoms with E-state index in [1.165, 1.54) is 0 Å². The molecule has 0 bridgehead atoms. The molecular formula is C36H36O4. The Morgan fingerprint density at radius 3 is 1.55 bits per heavy atom. The van der Waals surface area contributed by atoms with Crippen molar-refractivity contribution in [2.24, 2.45) is 0 Å². The van der Waals surface area contributed by atoms with Crippen LogP contribution >= 0.6 is 0 Å². The third-order valence-corrected chi connectivity index (χ3v) is 8.82. The van der Waals surface area contributed by atoms with Crippen LogP contribution in [0.5, 0.6) is 0 Å². The van der Waals surface area contributed by atoms with Crippen LogP contribution in [0.3, 0.4) is 0 Å². The van der Waals surface area contributed by atoms with E-state index in [9.17, 15) is 9.59 Å². The average molecular weight is 533 g/mol. The highest BCUT2D eigenvalue weighted by molar-refractivity contribution is 5.90. The zero-order chi connectivity index (χ0) is 28.3. The normalized spacial score (nSPS) is 23.6. The predicted molar refractivity (Wildman–Crippen MR) is 158 cm³/mol. The molecule has 0 saturated heterocycles. The van der Waals surface area contributed by atoms with Crippen molar-refractivity contribution in [1.82, 2.24) is 0 Å². The van der Waals surface area contributed by atoms with E-state index in [0.29, 0.717) is 24.0 Å². The lowest BCUT2D eigenvalue weighted by atomic mass is 9.53. The summed E-state index contributed by atoms with van der Waals surface area (Å²) >= 11 is 0. The van der Waals surface area contributed by atoms with Crippen LogP contribution in [0.25, 0.3) is 0 Å². The van der Waals surface area contributed by atoms with Crippen LogP contribution in [0, 0.1) is 6.92 Å². The lowest BCUT2D eigenvalue weighted by Gasteiger charge is -2.55. The van der Waals surface area contributed by atoms with Crippen molar-refractivity contribution in [3.05, 3.63) is 143 Å². The van der Waals surface area contributed by atoms with Gasteiger partial charge in [0.2, 0.25) is 0 Å². The Labute approximate surface area is 237 Å². The van der Waals surface area contributed by atoms with Crippen LogP contribution < -0.4 is 0 Å². The SMILES string of the molecule is CC[C@@]1(c2ccccc2C)c2ccccc2[C@@](C)(CC)[C@@H](OC(=O)c2ccccc2)[C@H]1OC(=O)c1ccccc1. The quantitative estimate of drug-likeness (QED) is 0.228. The van der Waals surface area contributed by atoms with Gasteiger partial charge in [0, 0.05) is 5.41 Å². The first-order chi connectivity index (χ1) is 19.4. The van der Waals surface area contributed by atoms with E-state index < -0.39 is 35.0 Å². The van der Waals surface area contributed by atoms with Gasteiger partial charge in [-0.2, -0.15) is 0 Å². The van der Waals surface area contributed by atoms with E-state index in [0.717, 1.165) is 22.3 Å². The lowest BCUT2D eigenvalue weighted by molar-refractivity contribution is -0.0943. The first kappa shape index (κ1) is 27.4. The van der Waals surface area contributed by atoms with Crippen molar-refractivity contribution >= 4 is 11.9 Å². The number of carbonyl (C=O) groups is 2. The molecule has 0 heterocycles. The second-order valence-corrected chi connectivity index (χ2v) is 10.8. The number of hydrogen-bond donors (Lipinski definition) is 0. The highest BCUT2D eigenvalue weighted by Gasteiger charge is 2.60. The molecule has 4 atom stereocenters. The molecule has 4 aromatic carbocycles. The van der Waals surface area contributed by atoms with E-state index in [1.54, 1.807) is 24.3 Å². The van der Waals surface area contributed by atoms with E-state index in [-0.39, 0.29) is 0 Å². The summed E-state index contributed by atoms with van der Waals surface area (Å²) < 4.78 is 13.1. The molecule has 0 aromatic heterocycles. The van der Waals surface area contributed by atoms with E-state index >= 15 is 0 Å². The molecule has 0 radical (unpaired) electrons. The van der Waals surface area contributed by atoms with Crippen molar-refractivity contribution in [1.29, 1.82) is 0 Å². The summed E-state index contributed by atoms with van der Waals surface area (Å²) in [5.74, 6) is -0.865. The number of fused-ring (bicyclic) bond motifs is 1. The minimum absolute atomic E-state index is 0.430. The van der Waals surface area contributed by atoms with Gasteiger partial charge in [0.15, 0.2) is 6.10 Å². The predicted octanol–water partition coefficient (Wildman–Crippen LogP) is 7.82. The molecule has 1 aliphatic rings. The number of carbonyl (C=O) groups excluding carboxylic acids is 2. The monoisotopic (exact) mass is 532 g/mol. The van der Waals surface area contributed by atoms with Gasteiger partial charge in [-0.25, -0.2) is 9.59 Å². The number of ether oxygens (including phenoxy) is 2. The maximum absolute atomic E-state index is 13.8. The number of esters is 2. The molecule has 0 fully saturated rings. The largest absolute Gasteiger partial charge is 0.454 e. The van der Waals surface area contributed by atoms with Crippen molar-refractivity contribution < 1.29 is 19.1 Å². The van der Waals surface area contributed by atoms with Gasteiger partial charge in [-0.05, 0) is 66.3 Å². The van der Waals surface area contributed by atoms with Gasteiger partial charge in [0.05, 0.1) is 16.5 Å². The number of hydrogen-bond acceptors (Lipinski definition) is 4. The molecule has 0 unspecified atom stereocenters. The zero-order valence-electron chi connectivity index (χ0n) is 23.6. The van der Waals surface area contributed by atoms with Crippen LogP contribution in [0.15, 0.2) is 109 Å². The maximum atomic E-state index is 13.8. The van der Waals surface area contributed by atoms with Crippen LogP contribution in [-0.4, -0.2) is 24.1 Å². The van der Waals surface area contributed by atoms with Gasteiger partial charge in [0.25, 0.3) is 0 Å². The smallest absolute Gasteiger partial charge is 0.338 e. The Kier molecular flexibility index (Phi) is 7.62. The van der Waals surface area contributed by atoms with Gasteiger partial charge in [-0.1, -0.05) is 106 Å². The molecule has 0 aliphatic heterocycles. The standard InChI is InChI=1S/C36H36O4/c1-5-35(4)29-23-15-16-24-30(29)36(6-2,28-22-14-13-17-25(28)3)32(40-34(38)27-20-11-8-12-21-27)31(35)39-33(37)26-18-9-7-10-19-26/h7-24,31-32H,5-6H2,1-4H3/t31-,32+,35+,36+/m0/s1. The average Bonchev–Trinajstić information content (AvgIpc) is 3.01. The Balaban J connectivity index is 1.77. The van der Waals surface area contributed by atoms with Crippen LogP contribution in [-0.2, 0) is 20.3 Å². The summed E-state index contributed by atoms with van der Waals surface area (Å²) in [6.45, 7) is 8.43. The summed E-state index contributed by atoms with van der Waals surface area (Å²) in [7, 11) is 0. The van der Waals surface area contributed by atoms with Gasteiger partial charge in [0.1, 0.15) is 6.10 Å². The second kappa shape index (κ2) is 11.1. The molecule has 0 N–H and O–H groups in total. The number of benzene rings is 4. The maximum Gasteiger partial charge on any atom is 0.338 e. The van der Waals surface area contributed by atoms with Gasteiger partial charge in [-0.15, -0.1) is 0 Å². The molecule has 4 aromatic rings. The van der Waals surface area contributed by atoms with Crippen LogP contribution in [0.2, 0.25) is 0 Å². The minimum Gasteiger partial charge on any atom is -0.454 e. The molecule has 4 heteroatoms. The summed E-state index contributed by atoms with van der Waals surface area (Å²) in [4.78, 5) is 27.5. The zero-order valence-corrected chi connectivity index (χ0v) is 23.6. The highest BCUT2D eigenvalue weighted by Crippen LogP contribution is 2.55. The van der Waals surface area contributed by atoms with Gasteiger partial charge in [-0.3, -0.25) is 0 Å². The lowest BCUT2D eigenvalue weighted by Crippen LogP contribution is -2.62. The van der Waals surface area contributed by atoms with Gasteiger partial charge < -0.3 is 9.47 Å². The first-order valence-electron chi connectivity index (χ1n) is 14.0. The number of aryl methyl sites for hydroxylation is 1. The Hall–Kier alpha value is -4.18. The minimum atomic E-state index is -0.779. The van der Waals surface area contributed by atoms with Crippen LogP contribution in [0.4, 0.5) is 0 Å². The fraction of sp³-hybridized carbons (Fsp3) is 0.278. The fourth-order valence-electron chi connectivity index (χ4n) is 6.48. The Morgan fingerprint density at radius 2 is 1.05 bits per heavy atom. The molecule has 40 heavy (non-hydrogen) atoms. The third-order valence-electron chi connectivity index (χ3n) is 8.82. The number of rotatable bonds is 7. The van der Waals surface area contributed by atoms with Crippen molar-refractivity contribution in [3.63, 3.8) is 0 Å². The van der Waals surface area contributed by atoms with Gasteiger partial charge >= 0.3 is 11.9 Å². The fourth-order valence-corrected chi connectivity index (χ4v) is 6.48. The molecule has 0 spiro atoms. The van der Waals surface area contributed by atoms with Crippen molar-refractivity contribution in [3.8, 4) is 0 Å². The Bertz CT molecular complexity index is 1500. The molecular weight excluding hydrogens is 496 g/mol.